The first kappa shape index (κ1) is 30.3. The molecule has 0 saturated carbocycles. The molecule has 43 heavy (non-hydrogen) atoms. The van der Waals surface area contributed by atoms with Crippen LogP contribution < -0.4 is 19.9 Å². The van der Waals surface area contributed by atoms with Gasteiger partial charge in [-0.15, -0.1) is 6.58 Å². The maximum atomic E-state index is 13.8. The summed E-state index contributed by atoms with van der Waals surface area (Å²) in [6.45, 7) is 11.1. The Balaban J connectivity index is 0.000000868. The Kier molecular flexibility index (Phi) is 9.14. The number of hydrogen-bond acceptors (Lipinski definition) is 10. The van der Waals surface area contributed by atoms with Gasteiger partial charge in [-0.2, -0.15) is 0 Å². The summed E-state index contributed by atoms with van der Waals surface area (Å²) in [4.78, 5) is 47.1. The van der Waals surface area contributed by atoms with Crippen molar-refractivity contribution in [3.8, 4) is 11.5 Å². The van der Waals surface area contributed by atoms with Crippen molar-refractivity contribution in [3.05, 3.63) is 81.1 Å². The van der Waals surface area contributed by atoms with Crippen LogP contribution in [0.3, 0.4) is 0 Å². The van der Waals surface area contributed by atoms with Crippen LogP contribution in [0.15, 0.2) is 58.9 Å². The molecule has 2 aromatic heterocycles. The average molecular weight is 622 g/mol. The number of aryl methyl sites for hydroxylation is 1. The largest absolute Gasteiger partial charge is 0.481 e. The molecule has 13 heteroatoms. The highest BCUT2D eigenvalue weighted by molar-refractivity contribution is 8.26. The number of benzene rings is 1. The van der Waals surface area contributed by atoms with Crippen LogP contribution in [-0.4, -0.2) is 80.0 Å². The molecule has 0 aliphatic carbocycles. The van der Waals surface area contributed by atoms with Gasteiger partial charge in [0.2, 0.25) is 6.79 Å². The van der Waals surface area contributed by atoms with Gasteiger partial charge in [-0.1, -0.05) is 42.2 Å². The zero-order valence-electron chi connectivity index (χ0n) is 23.8. The number of thiocarbonyl (C=S) groups is 1. The number of pyridine rings is 1. The first-order valence-electron chi connectivity index (χ1n) is 13.6. The molecule has 1 aromatic carbocycles. The number of ether oxygens (including phenoxy) is 2. The number of aromatic nitrogens is 2. The molecule has 1 amide bonds. The summed E-state index contributed by atoms with van der Waals surface area (Å²) in [5.74, 6) is 1.09. The highest BCUT2D eigenvalue weighted by Crippen LogP contribution is 2.34. The smallest absolute Gasteiger partial charge is 0.300 e. The van der Waals surface area contributed by atoms with Gasteiger partial charge in [0, 0.05) is 52.4 Å². The molecule has 5 heterocycles. The fourth-order valence-corrected chi connectivity index (χ4v) is 6.20. The second kappa shape index (κ2) is 13.0. The molecule has 6 rings (SSSR count). The van der Waals surface area contributed by atoms with E-state index in [2.05, 4.69) is 22.4 Å². The van der Waals surface area contributed by atoms with E-state index in [9.17, 15) is 9.59 Å². The van der Waals surface area contributed by atoms with Crippen molar-refractivity contribution in [2.45, 2.75) is 20.4 Å². The number of aliphatic carboxylic acids is 1. The zero-order chi connectivity index (χ0) is 30.7. The Hall–Kier alpha value is -4.20. The van der Waals surface area contributed by atoms with Gasteiger partial charge in [0.15, 0.2) is 11.5 Å². The minimum Gasteiger partial charge on any atom is -0.481 e. The topological polar surface area (TPSA) is 117 Å². The number of amides is 1. The molecular weight excluding hydrogens is 590 g/mol. The number of carboxylic acids is 1. The van der Waals surface area contributed by atoms with E-state index >= 15 is 0 Å². The fourth-order valence-electron chi connectivity index (χ4n) is 4.95. The lowest BCUT2D eigenvalue weighted by atomic mass is 10.1. The van der Waals surface area contributed by atoms with Crippen LogP contribution in [0.25, 0.3) is 11.7 Å². The quantitative estimate of drug-likeness (QED) is 0.248. The van der Waals surface area contributed by atoms with E-state index in [1.807, 2.05) is 31.2 Å². The third-order valence-corrected chi connectivity index (χ3v) is 8.34. The summed E-state index contributed by atoms with van der Waals surface area (Å²) >= 11 is 6.60. The van der Waals surface area contributed by atoms with Crippen molar-refractivity contribution >= 4 is 57.7 Å². The normalized spacial score (nSPS) is 17.4. The molecule has 2 fully saturated rings. The van der Waals surface area contributed by atoms with Crippen LogP contribution in [0.2, 0.25) is 0 Å². The molecule has 0 bridgehead atoms. The number of rotatable bonds is 6. The van der Waals surface area contributed by atoms with Crippen LogP contribution >= 0.6 is 24.0 Å². The highest BCUT2D eigenvalue weighted by atomic mass is 32.2. The lowest BCUT2D eigenvalue weighted by molar-refractivity contribution is -0.134. The molecule has 0 radical (unpaired) electrons. The maximum Gasteiger partial charge on any atom is 0.300 e. The minimum atomic E-state index is -0.833. The number of fused-ring (bicyclic) bond motifs is 2. The molecule has 2 saturated heterocycles. The molecular formula is C30H31N5O6S2. The van der Waals surface area contributed by atoms with Crippen molar-refractivity contribution in [2.75, 3.05) is 44.4 Å². The van der Waals surface area contributed by atoms with Crippen molar-refractivity contribution < 1.29 is 24.2 Å². The third kappa shape index (κ3) is 6.74. The van der Waals surface area contributed by atoms with Gasteiger partial charge in [0.1, 0.15) is 15.8 Å². The van der Waals surface area contributed by atoms with E-state index in [-0.39, 0.29) is 18.3 Å². The molecule has 0 spiro atoms. The minimum absolute atomic E-state index is 0.213. The second-order valence-corrected chi connectivity index (χ2v) is 11.8. The van der Waals surface area contributed by atoms with E-state index in [4.69, 9.17) is 36.6 Å². The van der Waals surface area contributed by atoms with E-state index in [1.54, 1.807) is 22.7 Å². The van der Waals surface area contributed by atoms with Crippen LogP contribution in [0.1, 0.15) is 23.6 Å². The molecule has 0 atom stereocenters. The molecule has 1 N–H and O–H groups in total. The standard InChI is InChI=1S/C28H27N5O4S2.C2H4O2/c1-3-8-32-27(35)23(39-28(32)38)14-20-25(29-24-7-4-18(2)15-33(24)26(20)34)31-11-9-30(10-12-31)16-19-5-6-21-22(13-19)37-17-36-21;1-2(3)4/h3-7,13-15H,1,8-12,16-17H2,2H3;1H3,(H,3,4)/b23-14-;. The first-order chi connectivity index (χ1) is 20.6. The Morgan fingerprint density at radius 1 is 1.14 bits per heavy atom. The number of anilines is 1. The SMILES string of the molecule is C=CCN1C(=O)/C(=C/c2c(N3CCN(Cc4ccc5c(c4)OCO5)CC3)nc3ccc(C)cn3c2=O)SC1=S.CC(=O)O. The fraction of sp³-hybridized carbons (Fsp3) is 0.300. The summed E-state index contributed by atoms with van der Waals surface area (Å²) in [5, 5.41) is 7.42. The number of nitrogens with zero attached hydrogens (tertiary/aromatic N) is 5. The Morgan fingerprint density at radius 2 is 1.86 bits per heavy atom. The first-order valence-corrected chi connectivity index (χ1v) is 14.8. The van der Waals surface area contributed by atoms with Gasteiger partial charge in [0.25, 0.3) is 17.4 Å². The molecule has 3 aliphatic heterocycles. The molecule has 11 nitrogen and oxygen atoms in total. The van der Waals surface area contributed by atoms with Gasteiger partial charge in [-0.05, 0) is 42.3 Å². The van der Waals surface area contributed by atoms with E-state index < -0.39 is 5.97 Å². The van der Waals surface area contributed by atoms with Crippen molar-refractivity contribution in [1.29, 1.82) is 0 Å². The Morgan fingerprint density at radius 3 is 2.58 bits per heavy atom. The summed E-state index contributed by atoms with van der Waals surface area (Å²) < 4.78 is 12.9. The number of piperazine rings is 1. The summed E-state index contributed by atoms with van der Waals surface area (Å²) in [6.07, 6.45) is 5.07. The number of carbonyl (C=O) groups excluding carboxylic acids is 1. The predicted octanol–water partition coefficient (Wildman–Crippen LogP) is 3.53. The molecule has 224 valence electrons. The number of carbonyl (C=O) groups is 2. The number of carboxylic acid groups (broad SMARTS) is 1. The van der Waals surface area contributed by atoms with Gasteiger partial charge in [-0.25, -0.2) is 4.98 Å². The van der Waals surface area contributed by atoms with Crippen molar-refractivity contribution in [2.24, 2.45) is 0 Å². The summed E-state index contributed by atoms with van der Waals surface area (Å²) in [7, 11) is 0. The van der Waals surface area contributed by atoms with Gasteiger partial charge < -0.3 is 19.5 Å². The maximum absolute atomic E-state index is 13.8. The molecule has 3 aliphatic rings. The lowest BCUT2D eigenvalue weighted by Crippen LogP contribution is -2.47. The summed E-state index contributed by atoms with van der Waals surface area (Å²) in [5.41, 5.74) is 2.85. The third-order valence-electron chi connectivity index (χ3n) is 6.96. The van der Waals surface area contributed by atoms with Gasteiger partial charge in [0.05, 0.1) is 10.5 Å². The Bertz CT molecular complexity index is 1690. The Labute approximate surface area is 258 Å². The monoisotopic (exact) mass is 621 g/mol. The number of hydrogen-bond donors (Lipinski definition) is 1. The van der Waals surface area contributed by atoms with Crippen LogP contribution in [-0.2, 0) is 16.1 Å². The van der Waals surface area contributed by atoms with E-state index in [0.717, 1.165) is 49.2 Å². The number of thioether (sulfide) groups is 1. The van der Waals surface area contributed by atoms with E-state index in [0.29, 0.717) is 45.9 Å². The zero-order valence-corrected chi connectivity index (χ0v) is 25.4. The average Bonchev–Trinajstić information content (AvgIpc) is 3.54. The second-order valence-electron chi connectivity index (χ2n) is 10.1. The van der Waals surface area contributed by atoms with Gasteiger partial charge >= 0.3 is 0 Å². The van der Waals surface area contributed by atoms with Crippen molar-refractivity contribution in [1.82, 2.24) is 19.2 Å². The molecule has 0 unspecified atom stereocenters. The summed E-state index contributed by atoms with van der Waals surface area (Å²) in [6, 6.07) is 9.84. The van der Waals surface area contributed by atoms with Crippen molar-refractivity contribution in [3.63, 3.8) is 0 Å². The van der Waals surface area contributed by atoms with Crippen LogP contribution in [0.4, 0.5) is 5.82 Å². The van der Waals surface area contributed by atoms with Crippen LogP contribution in [0.5, 0.6) is 11.5 Å². The predicted molar refractivity (Wildman–Crippen MR) is 170 cm³/mol. The highest BCUT2D eigenvalue weighted by Gasteiger charge is 2.32. The van der Waals surface area contributed by atoms with E-state index in [1.165, 1.54) is 16.7 Å². The van der Waals surface area contributed by atoms with Gasteiger partial charge in [-0.3, -0.25) is 28.6 Å². The lowest BCUT2D eigenvalue weighted by Gasteiger charge is -2.36. The molecule has 3 aromatic rings. The van der Waals surface area contributed by atoms with Crippen LogP contribution in [0, 0.1) is 6.92 Å².